The van der Waals surface area contributed by atoms with Gasteiger partial charge in [0.05, 0.1) is 31.0 Å². The maximum absolute atomic E-state index is 13.3. The fourth-order valence-electron chi connectivity index (χ4n) is 4.46. The second-order valence-corrected chi connectivity index (χ2v) is 8.27. The van der Waals surface area contributed by atoms with Crippen LogP contribution in [-0.2, 0) is 11.2 Å². The summed E-state index contributed by atoms with van der Waals surface area (Å²) in [4.78, 5) is 29.8. The monoisotopic (exact) mass is 446 g/mol. The minimum Gasteiger partial charge on any atom is -0.497 e. The lowest BCUT2D eigenvalue weighted by Gasteiger charge is -2.32. The van der Waals surface area contributed by atoms with Crippen molar-refractivity contribution >= 4 is 17.5 Å². The zero-order valence-electron chi connectivity index (χ0n) is 19.2. The van der Waals surface area contributed by atoms with Gasteiger partial charge in [-0.2, -0.15) is 5.10 Å². The number of para-hydroxylation sites is 1. The van der Waals surface area contributed by atoms with Crippen LogP contribution in [-0.4, -0.2) is 53.7 Å². The van der Waals surface area contributed by atoms with Crippen molar-refractivity contribution in [1.29, 1.82) is 0 Å². The molecule has 33 heavy (non-hydrogen) atoms. The van der Waals surface area contributed by atoms with E-state index < -0.39 is 0 Å². The molecule has 0 atom stereocenters. The second kappa shape index (κ2) is 10.3. The van der Waals surface area contributed by atoms with Gasteiger partial charge in [-0.15, -0.1) is 0 Å². The first-order chi connectivity index (χ1) is 16.1. The molecule has 2 amide bonds. The van der Waals surface area contributed by atoms with Crippen LogP contribution in [0.5, 0.6) is 5.75 Å². The number of nitrogens with zero attached hydrogens (tertiary/aromatic N) is 3. The summed E-state index contributed by atoms with van der Waals surface area (Å²) in [7, 11) is 1.62. The van der Waals surface area contributed by atoms with E-state index in [2.05, 4.69) is 10.2 Å². The molecule has 1 saturated heterocycles. The van der Waals surface area contributed by atoms with E-state index in [-0.39, 0.29) is 17.7 Å². The zero-order chi connectivity index (χ0) is 23.2. The number of anilines is 1. The Hall–Kier alpha value is -3.61. The summed E-state index contributed by atoms with van der Waals surface area (Å²) in [5, 5.41) is 7.26. The Morgan fingerprint density at radius 1 is 1.12 bits per heavy atom. The molecule has 0 aliphatic carbocycles. The summed E-state index contributed by atoms with van der Waals surface area (Å²) >= 11 is 0. The van der Waals surface area contributed by atoms with Crippen molar-refractivity contribution in [1.82, 2.24) is 15.1 Å². The standard InChI is InChI=1S/C26H30N4O3/c1-3-30(21-9-5-4-6-10-21)26(32)23-18-27-28-25(23)20-12-14-29(15-13-20)24(31)17-19-8-7-11-22(16-19)33-2/h4-11,16,18,20H,3,12-15,17H2,1-2H3,(H,27,28). The number of H-pyrrole nitrogens is 1. The maximum atomic E-state index is 13.3. The molecule has 1 aromatic heterocycles. The molecule has 7 heteroatoms. The Morgan fingerprint density at radius 3 is 2.58 bits per heavy atom. The third-order valence-corrected chi connectivity index (χ3v) is 6.27. The number of ether oxygens (including phenoxy) is 1. The predicted octanol–water partition coefficient (Wildman–Crippen LogP) is 4.03. The quantitative estimate of drug-likeness (QED) is 0.594. The van der Waals surface area contributed by atoms with Gasteiger partial charge in [0.2, 0.25) is 5.91 Å². The molecule has 1 aliphatic rings. The number of benzene rings is 2. The van der Waals surface area contributed by atoms with Gasteiger partial charge < -0.3 is 14.5 Å². The summed E-state index contributed by atoms with van der Waals surface area (Å²) in [6, 6.07) is 17.3. The smallest absolute Gasteiger partial charge is 0.261 e. The van der Waals surface area contributed by atoms with E-state index in [9.17, 15) is 9.59 Å². The second-order valence-electron chi connectivity index (χ2n) is 8.27. The van der Waals surface area contributed by atoms with Crippen LogP contribution in [0.15, 0.2) is 60.8 Å². The van der Waals surface area contributed by atoms with E-state index in [4.69, 9.17) is 4.74 Å². The number of piperidine rings is 1. The van der Waals surface area contributed by atoms with Gasteiger partial charge in [0, 0.05) is 31.2 Å². The first-order valence-electron chi connectivity index (χ1n) is 11.4. The summed E-state index contributed by atoms with van der Waals surface area (Å²) in [5.41, 5.74) is 3.30. The number of carbonyl (C=O) groups is 2. The number of hydrogen-bond acceptors (Lipinski definition) is 4. The molecule has 0 bridgehead atoms. The highest BCUT2D eigenvalue weighted by molar-refractivity contribution is 6.06. The number of aromatic amines is 1. The van der Waals surface area contributed by atoms with Crippen LogP contribution in [0.25, 0.3) is 0 Å². The Bertz CT molecular complexity index is 1090. The summed E-state index contributed by atoms with van der Waals surface area (Å²) < 4.78 is 5.26. The molecule has 0 radical (unpaired) electrons. The molecule has 1 fully saturated rings. The third kappa shape index (κ3) is 5.08. The molecule has 172 valence electrons. The number of likely N-dealkylation sites (tertiary alicyclic amines) is 1. The molecule has 2 heterocycles. The van der Waals surface area contributed by atoms with Crippen molar-refractivity contribution in [2.45, 2.75) is 32.1 Å². The van der Waals surface area contributed by atoms with Crippen molar-refractivity contribution in [3.63, 3.8) is 0 Å². The fourth-order valence-corrected chi connectivity index (χ4v) is 4.46. The molecular formula is C26H30N4O3. The largest absolute Gasteiger partial charge is 0.497 e. The van der Waals surface area contributed by atoms with Crippen LogP contribution in [0.2, 0.25) is 0 Å². The molecular weight excluding hydrogens is 416 g/mol. The van der Waals surface area contributed by atoms with Gasteiger partial charge in [0.25, 0.3) is 5.91 Å². The van der Waals surface area contributed by atoms with Crippen LogP contribution in [0, 0.1) is 0 Å². The maximum Gasteiger partial charge on any atom is 0.261 e. The van der Waals surface area contributed by atoms with Gasteiger partial charge in [-0.05, 0) is 49.6 Å². The number of aromatic nitrogens is 2. The van der Waals surface area contributed by atoms with E-state index in [0.29, 0.717) is 31.6 Å². The Morgan fingerprint density at radius 2 is 1.88 bits per heavy atom. The van der Waals surface area contributed by atoms with Crippen molar-refractivity contribution in [2.24, 2.45) is 0 Å². The molecule has 2 aromatic carbocycles. The topological polar surface area (TPSA) is 78.5 Å². The zero-order valence-corrected chi connectivity index (χ0v) is 19.2. The van der Waals surface area contributed by atoms with E-state index in [1.807, 2.05) is 66.4 Å². The highest BCUT2D eigenvalue weighted by Crippen LogP contribution is 2.30. The summed E-state index contributed by atoms with van der Waals surface area (Å²) in [6.45, 7) is 3.87. The minimum absolute atomic E-state index is 0.0519. The minimum atomic E-state index is -0.0519. The van der Waals surface area contributed by atoms with Gasteiger partial charge in [-0.1, -0.05) is 30.3 Å². The van der Waals surface area contributed by atoms with Crippen LogP contribution >= 0.6 is 0 Å². The Balaban J connectivity index is 1.40. The predicted molar refractivity (Wildman–Crippen MR) is 128 cm³/mol. The van der Waals surface area contributed by atoms with E-state index in [1.165, 1.54) is 0 Å². The molecule has 7 nitrogen and oxygen atoms in total. The van der Waals surface area contributed by atoms with Crippen LogP contribution < -0.4 is 9.64 Å². The van der Waals surface area contributed by atoms with E-state index >= 15 is 0 Å². The van der Waals surface area contributed by atoms with Gasteiger partial charge in [0.15, 0.2) is 0 Å². The van der Waals surface area contributed by atoms with Gasteiger partial charge in [0.1, 0.15) is 5.75 Å². The average Bonchev–Trinajstić information content (AvgIpc) is 3.35. The number of nitrogens with one attached hydrogen (secondary N) is 1. The number of methoxy groups -OCH3 is 1. The SMILES string of the molecule is CCN(C(=O)c1cn[nH]c1C1CCN(C(=O)Cc2cccc(OC)c2)CC1)c1ccccc1. The van der Waals surface area contributed by atoms with Crippen molar-refractivity contribution in [2.75, 3.05) is 31.6 Å². The van der Waals surface area contributed by atoms with Crippen molar-refractivity contribution in [3.05, 3.63) is 77.6 Å². The Kier molecular flexibility index (Phi) is 7.07. The molecule has 3 aromatic rings. The number of rotatable bonds is 7. The molecule has 1 N–H and O–H groups in total. The van der Waals surface area contributed by atoms with Crippen LogP contribution in [0.4, 0.5) is 5.69 Å². The first-order valence-corrected chi connectivity index (χ1v) is 11.4. The third-order valence-electron chi connectivity index (χ3n) is 6.27. The lowest BCUT2D eigenvalue weighted by atomic mass is 9.90. The summed E-state index contributed by atoms with van der Waals surface area (Å²) in [5.74, 6) is 0.988. The number of amides is 2. The lowest BCUT2D eigenvalue weighted by molar-refractivity contribution is -0.131. The van der Waals surface area contributed by atoms with Gasteiger partial charge in [-0.3, -0.25) is 14.7 Å². The molecule has 1 aliphatic heterocycles. The molecule has 0 saturated carbocycles. The highest BCUT2D eigenvalue weighted by Gasteiger charge is 2.29. The lowest BCUT2D eigenvalue weighted by Crippen LogP contribution is -2.39. The summed E-state index contributed by atoms with van der Waals surface area (Å²) in [6.07, 6.45) is 3.58. The number of carbonyl (C=O) groups excluding carboxylic acids is 2. The van der Waals surface area contributed by atoms with Crippen LogP contribution in [0.3, 0.4) is 0 Å². The van der Waals surface area contributed by atoms with E-state index in [0.717, 1.165) is 35.5 Å². The highest BCUT2D eigenvalue weighted by atomic mass is 16.5. The first kappa shape index (κ1) is 22.6. The van der Waals surface area contributed by atoms with Crippen molar-refractivity contribution < 1.29 is 14.3 Å². The van der Waals surface area contributed by atoms with Crippen molar-refractivity contribution in [3.8, 4) is 5.75 Å². The Labute approximate surface area is 194 Å². The van der Waals surface area contributed by atoms with Crippen LogP contribution in [0.1, 0.15) is 47.3 Å². The van der Waals surface area contributed by atoms with Gasteiger partial charge in [-0.25, -0.2) is 0 Å². The van der Waals surface area contributed by atoms with E-state index in [1.54, 1.807) is 18.2 Å². The molecule has 0 unspecified atom stereocenters. The van der Waals surface area contributed by atoms with Gasteiger partial charge >= 0.3 is 0 Å². The molecule has 0 spiro atoms. The average molecular weight is 447 g/mol. The fraction of sp³-hybridized carbons (Fsp3) is 0.346. The molecule has 4 rings (SSSR count). The normalized spacial score (nSPS) is 14.2. The number of hydrogen-bond donors (Lipinski definition) is 1.